The second kappa shape index (κ2) is 7.78. The maximum atomic E-state index is 14.5. The summed E-state index contributed by atoms with van der Waals surface area (Å²) in [5.41, 5.74) is 3.32. The number of aromatic nitrogens is 1. The molecule has 0 N–H and O–H groups in total. The molecule has 3 nitrogen and oxygen atoms in total. The minimum Gasteiger partial charge on any atom is -0.481 e. The van der Waals surface area contributed by atoms with E-state index in [0.29, 0.717) is 11.4 Å². The van der Waals surface area contributed by atoms with Crippen molar-refractivity contribution >= 4 is 22.6 Å². The molecule has 24 heavy (non-hydrogen) atoms. The predicted molar refractivity (Wildman–Crippen MR) is 103 cm³/mol. The maximum absolute atomic E-state index is 14.5. The third-order valence-electron chi connectivity index (χ3n) is 3.90. The van der Waals surface area contributed by atoms with Crippen LogP contribution in [0.15, 0.2) is 30.5 Å². The normalized spacial score (nSPS) is 13.0. The molecule has 0 spiro atoms. The Morgan fingerprint density at radius 1 is 1.17 bits per heavy atom. The summed E-state index contributed by atoms with van der Waals surface area (Å²) < 4.78 is 26.3. The van der Waals surface area contributed by atoms with Gasteiger partial charge in [-0.25, -0.2) is 9.37 Å². The van der Waals surface area contributed by atoms with E-state index in [1.165, 1.54) is 18.9 Å². The van der Waals surface area contributed by atoms with Crippen molar-refractivity contribution in [2.45, 2.75) is 31.3 Å². The van der Waals surface area contributed by atoms with Crippen LogP contribution in [0.3, 0.4) is 0 Å². The van der Waals surface area contributed by atoms with E-state index in [2.05, 4.69) is 54.4 Å². The molecule has 1 atom stereocenters. The number of methoxy groups -OCH3 is 2. The van der Waals surface area contributed by atoms with Crippen LogP contribution in [0.2, 0.25) is 0 Å². The van der Waals surface area contributed by atoms with Crippen molar-refractivity contribution in [1.29, 1.82) is 0 Å². The largest absolute Gasteiger partial charge is 0.481 e. The number of rotatable bonds is 5. The van der Waals surface area contributed by atoms with Gasteiger partial charge in [0.2, 0.25) is 5.88 Å². The molecule has 1 aromatic heterocycles. The van der Waals surface area contributed by atoms with Gasteiger partial charge >= 0.3 is 0 Å². The van der Waals surface area contributed by atoms with Gasteiger partial charge in [0.25, 0.3) is 0 Å². The van der Waals surface area contributed by atoms with E-state index in [1.54, 1.807) is 13.2 Å². The molecule has 0 saturated carbocycles. The van der Waals surface area contributed by atoms with Gasteiger partial charge in [-0.05, 0) is 22.1 Å². The van der Waals surface area contributed by atoms with Gasteiger partial charge in [0.1, 0.15) is 5.82 Å². The quantitative estimate of drug-likeness (QED) is 0.448. The summed E-state index contributed by atoms with van der Waals surface area (Å²) in [6.45, 7) is 6.35. The zero-order chi connectivity index (χ0) is 17.9. The third-order valence-corrected chi connectivity index (χ3v) is 4.79. The van der Waals surface area contributed by atoms with Crippen LogP contribution in [-0.4, -0.2) is 19.2 Å². The highest BCUT2D eigenvalue weighted by molar-refractivity contribution is 14.1. The van der Waals surface area contributed by atoms with Crippen molar-refractivity contribution in [2.24, 2.45) is 5.41 Å². The monoisotopic (exact) mass is 443 g/mol. The van der Waals surface area contributed by atoms with Crippen LogP contribution in [0, 0.1) is 11.2 Å². The Morgan fingerprint density at radius 2 is 1.88 bits per heavy atom. The summed E-state index contributed by atoms with van der Waals surface area (Å²) in [5, 5.41) is 0. The lowest BCUT2D eigenvalue weighted by Gasteiger charge is -2.31. The fourth-order valence-corrected chi connectivity index (χ4v) is 3.32. The smallest absolute Gasteiger partial charge is 0.213 e. The third kappa shape index (κ3) is 4.06. The molecule has 0 aliphatic rings. The van der Waals surface area contributed by atoms with Gasteiger partial charge in [0.05, 0.1) is 19.4 Å². The van der Waals surface area contributed by atoms with Crippen LogP contribution in [0.1, 0.15) is 38.0 Å². The molecular weight excluding hydrogens is 420 g/mol. The topological polar surface area (TPSA) is 31.4 Å². The van der Waals surface area contributed by atoms with Crippen molar-refractivity contribution in [3.05, 3.63) is 47.4 Å². The summed E-state index contributed by atoms with van der Waals surface area (Å²) in [5.74, 6) is 0.0167. The summed E-state index contributed by atoms with van der Waals surface area (Å²) in [7, 11) is 3.22. The zero-order valence-corrected chi connectivity index (χ0v) is 16.8. The van der Waals surface area contributed by atoms with E-state index in [1.807, 2.05) is 12.1 Å². The average molecular weight is 443 g/mol. The van der Waals surface area contributed by atoms with E-state index in [4.69, 9.17) is 9.47 Å². The molecule has 0 saturated heterocycles. The Kier molecular flexibility index (Phi) is 6.20. The highest BCUT2D eigenvalue weighted by Gasteiger charge is 2.29. The maximum Gasteiger partial charge on any atom is 0.213 e. The molecule has 5 heteroatoms. The van der Waals surface area contributed by atoms with Gasteiger partial charge in [-0.3, -0.25) is 0 Å². The van der Waals surface area contributed by atoms with Gasteiger partial charge in [0, 0.05) is 23.2 Å². The molecule has 0 amide bonds. The molecule has 1 heterocycles. The first-order valence-electron chi connectivity index (χ1n) is 7.73. The average Bonchev–Trinajstić information content (AvgIpc) is 2.55. The van der Waals surface area contributed by atoms with Gasteiger partial charge in [-0.2, -0.15) is 0 Å². The highest BCUT2D eigenvalue weighted by Crippen LogP contribution is 2.41. The van der Waals surface area contributed by atoms with E-state index in [0.717, 1.165) is 15.6 Å². The SMILES string of the molecule is COc1cc(-c2ccc(CI)cc2[C@@H](OC)C(C)(C)C)c(F)cn1. The molecule has 0 aliphatic heterocycles. The van der Waals surface area contributed by atoms with E-state index in [-0.39, 0.29) is 17.3 Å². The molecule has 2 aromatic rings. The lowest BCUT2D eigenvalue weighted by Crippen LogP contribution is -2.21. The van der Waals surface area contributed by atoms with Gasteiger partial charge in [-0.15, -0.1) is 0 Å². The summed E-state index contributed by atoms with van der Waals surface area (Å²) >= 11 is 2.33. The molecule has 1 aromatic carbocycles. The number of ether oxygens (including phenoxy) is 2. The highest BCUT2D eigenvalue weighted by atomic mass is 127. The van der Waals surface area contributed by atoms with Crippen LogP contribution < -0.4 is 4.74 Å². The molecule has 0 aliphatic carbocycles. The zero-order valence-electron chi connectivity index (χ0n) is 14.7. The number of hydrogen-bond donors (Lipinski definition) is 0. The number of hydrogen-bond acceptors (Lipinski definition) is 3. The lowest BCUT2D eigenvalue weighted by atomic mass is 9.81. The molecule has 130 valence electrons. The standard InChI is InChI=1S/C19H23FINO2/c1-19(2,3)18(24-5)15-8-12(10-21)6-7-13(15)14-9-17(23-4)22-11-16(14)20/h6-9,11,18H,10H2,1-5H3/t18-/m1/s1. The first-order valence-corrected chi connectivity index (χ1v) is 9.25. The molecule has 2 rings (SSSR count). The van der Waals surface area contributed by atoms with Crippen LogP contribution in [0.4, 0.5) is 4.39 Å². The van der Waals surface area contributed by atoms with Gasteiger partial charge in [-0.1, -0.05) is 61.6 Å². The first kappa shape index (κ1) is 19.1. The number of alkyl halides is 1. The molecule has 0 bridgehead atoms. The van der Waals surface area contributed by atoms with Crippen LogP contribution >= 0.6 is 22.6 Å². The van der Waals surface area contributed by atoms with Crippen LogP contribution in [0.25, 0.3) is 11.1 Å². The Hall–Kier alpha value is -1.21. The molecule has 0 fully saturated rings. The lowest BCUT2D eigenvalue weighted by molar-refractivity contribution is 0.0155. The second-order valence-corrected chi connectivity index (χ2v) is 7.51. The number of benzene rings is 1. The number of halogens is 2. The minimum atomic E-state index is -0.372. The fraction of sp³-hybridized carbons (Fsp3) is 0.421. The van der Waals surface area contributed by atoms with Crippen molar-refractivity contribution in [1.82, 2.24) is 4.98 Å². The van der Waals surface area contributed by atoms with Gasteiger partial charge < -0.3 is 9.47 Å². The van der Waals surface area contributed by atoms with Crippen molar-refractivity contribution < 1.29 is 13.9 Å². The first-order chi connectivity index (χ1) is 11.3. The number of pyridine rings is 1. The Balaban J connectivity index is 2.70. The second-order valence-electron chi connectivity index (χ2n) is 6.74. The van der Waals surface area contributed by atoms with E-state index >= 15 is 0 Å². The fourth-order valence-electron chi connectivity index (χ4n) is 2.84. The van der Waals surface area contributed by atoms with Crippen LogP contribution in [0.5, 0.6) is 5.88 Å². The van der Waals surface area contributed by atoms with Crippen molar-refractivity contribution in [3.63, 3.8) is 0 Å². The molecular formula is C19H23FINO2. The number of nitrogens with zero attached hydrogens (tertiary/aromatic N) is 1. The van der Waals surface area contributed by atoms with Gasteiger partial charge in [0.15, 0.2) is 0 Å². The summed E-state index contributed by atoms with van der Waals surface area (Å²) in [4.78, 5) is 3.93. The summed E-state index contributed by atoms with van der Waals surface area (Å²) in [6, 6.07) is 7.72. The molecule has 0 radical (unpaired) electrons. The van der Waals surface area contributed by atoms with E-state index < -0.39 is 0 Å². The van der Waals surface area contributed by atoms with Crippen molar-refractivity contribution in [2.75, 3.05) is 14.2 Å². The Labute approximate surface area is 156 Å². The van der Waals surface area contributed by atoms with Crippen LogP contribution in [-0.2, 0) is 9.16 Å². The van der Waals surface area contributed by atoms with Crippen molar-refractivity contribution in [3.8, 4) is 17.0 Å². The predicted octanol–water partition coefficient (Wildman–Crippen LogP) is 5.56. The molecule has 0 unspecified atom stereocenters. The Morgan fingerprint density at radius 3 is 2.42 bits per heavy atom. The van der Waals surface area contributed by atoms with E-state index in [9.17, 15) is 4.39 Å². The summed E-state index contributed by atoms with van der Waals surface area (Å²) in [6.07, 6.45) is 1.04. The Bertz CT molecular complexity index is 713. The minimum absolute atomic E-state index is 0.124.